The number of carbonyl (C=O) groups excluding carboxylic acids is 2. The van der Waals surface area contributed by atoms with Gasteiger partial charge >= 0.3 is 0 Å². The van der Waals surface area contributed by atoms with Crippen molar-refractivity contribution in [2.24, 2.45) is 5.92 Å². The molecule has 0 aliphatic carbocycles. The Labute approximate surface area is 103 Å². The Morgan fingerprint density at radius 3 is 1.94 bits per heavy atom. The third-order valence-electron chi connectivity index (χ3n) is 2.87. The van der Waals surface area contributed by atoms with Gasteiger partial charge in [0.25, 0.3) is 0 Å². The lowest BCUT2D eigenvalue weighted by Gasteiger charge is -2.30. The summed E-state index contributed by atoms with van der Waals surface area (Å²) in [6, 6.07) is -0.556. The molecule has 0 aromatic heterocycles. The number of likely N-dealkylation sites (N-methyl/N-ethyl adjacent to an activating group) is 1. The summed E-state index contributed by atoms with van der Waals surface area (Å²) in [5.74, 6) is -0.384. The molecule has 3 atom stereocenters. The summed E-state index contributed by atoms with van der Waals surface area (Å²) >= 11 is 0. The molecule has 0 radical (unpaired) electrons. The van der Waals surface area contributed by atoms with Crippen LogP contribution in [0.1, 0.15) is 20.3 Å². The largest absolute Gasteiger partial charge is 0.391 e. The highest BCUT2D eigenvalue weighted by molar-refractivity contribution is 5.82. The molecular formula is C12H24N2O3. The molecule has 1 unspecified atom stereocenters. The second kappa shape index (κ2) is 6.71. The van der Waals surface area contributed by atoms with E-state index in [0.29, 0.717) is 0 Å². The van der Waals surface area contributed by atoms with E-state index in [1.165, 1.54) is 11.8 Å². The average molecular weight is 244 g/mol. The Morgan fingerprint density at radius 2 is 1.65 bits per heavy atom. The molecular weight excluding hydrogens is 220 g/mol. The van der Waals surface area contributed by atoms with Crippen molar-refractivity contribution in [3.8, 4) is 0 Å². The summed E-state index contributed by atoms with van der Waals surface area (Å²) in [5.41, 5.74) is 0. The quantitative estimate of drug-likeness (QED) is 0.713. The summed E-state index contributed by atoms with van der Waals surface area (Å²) < 4.78 is 0. The minimum atomic E-state index is -0.827. The first-order chi connectivity index (χ1) is 7.68. The molecule has 0 aliphatic rings. The monoisotopic (exact) mass is 244 g/mol. The van der Waals surface area contributed by atoms with Gasteiger partial charge in [-0.1, -0.05) is 6.92 Å². The second-order valence-electron chi connectivity index (χ2n) is 4.98. The molecule has 100 valence electrons. The van der Waals surface area contributed by atoms with E-state index in [9.17, 15) is 14.7 Å². The van der Waals surface area contributed by atoms with E-state index >= 15 is 0 Å². The highest BCUT2D eigenvalue weighted by atomic mass is 16.3. The van der Waals surface area contributed by atoms with Gasteiger partial charge in [0.1, 0.15) is 5.78 Å². The van der Waals surface area contributed by atoms with Crippen molar-refractivity contribution in [2.45, 2.75) is 32.4 Å². The van der Waals surface area contributed by atoms with E-state index in [1.54, 1.807) is 40.0 Å². The number of hydrogen-bond acceptors (Lipinski definition) is 4. The van der Waals surface area contributed by atoms with E-state index in [4.69, 9.17) is 0 Å². The highest BCUT2D eigenvalue weighted by Gasteiger charge is 2.31. The number of aliphatic hydroxyl groups is 1. The number of rotatable bonds is 6. The maximum absolute atomic E-state index is 11.5. The number of nitrogens with zero attached hydrogens (tertiary/aromatic N) is 2. The molecule has 1 N–H and O–H groups in total. The summed E-state index contributed by atoms with van der Waals surface area (Å²) in [6.07, 6.45) is -0.586. The van der Waals surface area contributed by atoms with Crippen LogP contribution in [0.25, 0.3) is 0 Å². The lowest BCUT2D eigenvalue weighted by molar-refractivity contribution is -0.133. The lowest BCUT2D eigenvalue weighted by Crippen LogP contribution is -2.47. The van der Waals surface area contributed by atoms with Crippen molar-refractivity contribution in [1.29, 1.82) is 0 Å². The topological polar surface area (TPSA) is 60.9 Å². The van der Waals surface area contributed by atoms with Crippen LogP contribution in [0.4, 0.5) is 0 Å². The molecule has 0 spiro atoms. The third-order valence-corrected chi connectivity index (χ3v) is 2.87. The molecule has 0 fully saturated rings. The summed E-state index contributed by atoms with van der Waals surface area (Å²) in [7, 11) is 6.84. The Kier molecular flexibility index (Phi) is 6.34. The number of ketones is 1. The molecule has 5 heteroatoms. The molecule has 0 aromatic rings. The van der Waals surface area contributed by atoms with E-state index in [0.717, 1.165) is 0 Å². The zero-order valence-corrected chi connectivity index (χ0v) is 11.6. The van der Waals surface area contributed by atoms with Gasteiger partial charge in [-0.3, -0.25) is 14.5 Å². The van der Waals surface area contributed by atoms with Gasteiger partial charge in [0, 0.05) is 20.5 Å². The Morgan fingerprint density at radius 1 is 1.18 bits per heavy atom. The van der Waals surface area contributed by atoms with Crippen LogP contribution < -0.4 is 0 Å². The molecule has 0 saturated carbocycles. The van der Waals surface area contributed by atoms with Gasteiger partial charge in [-0.2, -0.15) is 0 Å². The summed E-state index contributed by atoms with van der Waals surface area (Å²) in [5, 5.41) is 10.1. The SMILES string of the molecule is CC(=O)[C@H](C(O)[C@H](C)CC(=O)N(C)C)N(C)C. The van der Waals surface area contributed by atoms with Gasteiger partial charge in [0.2, 0.25) is 5.91 Å². The molecule has 0 aliphatic heterocycles. The van der Waals surface area contributed by atoms with Crippen LogP contribution in [0.3, 0.4) is 0 Å². The van der Waals surface area contributed by atoms with Crippen LogP contribution in [0.5, 0.6) is 0 Å². The third kappa shape index (κ3) is 4.83. The van der Waals surface area contributed by atoms with Gasteiger partial charge in [0.05, 0.1) is 12.1 Å². The Balaban J connectivity index is 4.61. The first kappa shape index (κ1) is 16.1. The van der Waals surface area contributed by atoms with Gasteiger partial charge in [-0.05, 0) is 26.9 Å². The number of hydrogen-bond donors (Lipinski definition) is 1. The summed E-state index contributed by atoms with van der Waals surface area (Å²) in [4.78, 5) is 26.2. The van der Waals surface area contributed by atoms with Crippen molar-refractivity contribution in [3.05, 3.63) is 0 Å². The highest BCUT2D eigenvalue weighted by Crippen LogP contribution is 2.16. The van der Waals surface area contributed by atoms with Crippen LogP contribution in [0, 0.1) is 5.92 Å². The van der Waals surface area contributed by atoms with Gasteiger partial charge in [-0.15, -0.1) is 0 Å². The molecule has 17 heavy (non-hydrogen) atoms. The zero-order chi connectivity index (χ0) is 13.7. The van der Waals surface area contributed by atoms with Crippen molar-refractivity contribution in [3.63, 3.8) is 0 Å². The Hall–Kier alpha value is -0.940. The van der Waals surface area contributed by atoms with Crippen LogP contribution in [-0.2, 0) is 9.59 Å². The molecule has 1 amide bonds. The Bertz CT molecular complexity index is 277. The van der Waals surface area contributed by atoms with Crippen LogP contribution in [-0.4, -0.2) is 66.9 Å². The zero-order valence-electron chi connectivity index (χ0n) is 11.6. The van der Waals surface area contributed by atoms with Gasteiger partial charge in [0.15, 0.2) is 0 Å². The van der Waals surface area contributed by atoms with Gasteiger partial charge in [-0.25, -0.2) is 0 Å². The molecule has 5 nitrogen and oxygen atoms in total. The maximum Gasteiger partial charge on any atom is 0.222 e. The minimum Gasteiger partial charge on any atom is -0.391 e. The molecule has 0 rings (SSSR count). The van der Waals surface area contributed by atoms with E-state index < -0.39 is 12.1 Å². The van der Waals surface area contributed by atoms with Crippen molar-refractivity contribution >= 4 is 11.7 Å². The molecule has 0 saturated heterocycles. The average Bonchev–Trinajstić information content (AvgIpc) is 2.15. The minimum absolute atomic E-state index is 0.0439. The van der Waals surface area contributed by atoms with E-state index in [1.807, 2.05) is 0 Å². The maximum atomic E-state index is 11.5. The molecule has 0 bridgehead atoms. The van der Waals surface area contributed by atoms with E-state index in [-0.39, 0.29) is 24.0 Å². The smallest absolute Gasteiger partial charge is 0.222 e. The first-order valence-corrected chi connectivity index (χ1v) is 5.73. The fraction of sp³-hybridized carbons (Fsp3) is 0.833. The van der Waals surface area contributed by atoms with Crippen molar-refractivity contribution in [1.82, 2.24) is 9.80 Å². The number of aliphatic hydroxyl groups excluding tert-OH is 1. The van der Waals surface area contributed by atoms with E-state index in [2.05, 4.69) is 0 Å². The summed E-state index contributed by atoms with van der Waals surface area (Å²) in [6.45, 7) is 3.24. The predicted molar refractivity (Wildman–Crippen MR) is 66.6 cm³/mol. The lowest BCUT2D eigenvalue weighted by atomic mass is 9.92. The predicted octanol–water partition coefficient (Wildman–Crippen LogP) is -0.0191. The van der Waals surface area contributed by atoms with Crippen molar-refractivity contribution in [2.75, 3.05) is 28.2 Å². The fourth-order valence-corrected chi connectivity index (χ4v) is 1.80. The molecule has 0 aromatic carbocycles. The second-order valence-corrected chi connectivity index (χ2v) is 4.98. The first-order valence-electron chi connectivity index (χ1n) is 5.73. The van der Waals surface area contributed by atoms with Crippen molar-refractivity contribution < 1.29 is 14.7 Å². The van der Waals surface area contributed by atoms with Crippen LogP contribution in [0.2, 0.25) is 0 Å². The normalized spacial score (nSPS) is 16.5. The van der Waals surface area contributed by atoms with Gasteiger partial charge < -0.3 is 10.0 Å². The fourth-order valence-electron chi connectivity index (χ4n) is 1.80. The number of carbonyl (C=O) groups is 2. The molecule has 0 heterocycles. The van der Waals surface area contributed by atoms with Crippen LogP contribution in [0.15, 0.2) is 0 Å². The number of amides is 1. The number of Topliss-reactive ketones (excluding diaryl/α,β-unsaturated/α-hetero) is 1. The van der Waals surface area contributed by atoms with Crippen LogP contribution >= 0.6 is 0 Å². The standard InChI is InChI=1S/C12H24N2O3/c1-8(7-10(16)13(3)4)12(17)11(9(2)15)14(5)6/h8,11-12,17H,7H2,1-6H3/t8-,11-,12?/m1/s1.